The van der Waals surface area contributed by atoms with Gasteiger partial charge >= 0.3 is 12.1 Å². The van der Waals surface area contributed by atoms with Gasteiger partial charge < -0.3 is 19.6 Å². The number of aromatic nitrogens is 2. The summed E-state index contributed by atoms with van der Waals surface area (Å²) in [4.78, 5) is 15.2. The van der Waals surface area contributed by atoms with Gasteiger partial charge in [-0.2, -0.15) is 18.2 Å². The van der Waals surface area contributed by atoms with Crippen molar-refractivity contribution in [2.24, 2.45) is 0 Å². The van der Waals surface area contributed by atoms with Gasteiger partial charge in [-0.25, -0.2) is 4.79 Å². The van der Waals surface area contributed by atoms with Crippen LogP contribution in [-0.2, 0) is 11.2 Å². The summed E-state index contributed by atoms with van der Waals surface area (Å²) < 4.78 is 37.0. The van der Waals surface area contributed by atoms with Crippen molar-refractivity contribution in [1.29, 1.82) is 0 Å². The Bertz CT molecular complexity index is 737. The number of carbonyl (C=O) groups is 1. The Kier molecular flexibility index (Phi) is 6.73. The van der Waals surface area contributed by atoms with E-state index in [9.17, 15) is 18.3 Å². The molecule has 10 heteroatoms. The van der Waals surface area contributed by atoms with Crippen molar-refractivity contribution in [3.63, 3.8) is 0 Å². The molecule has 0 bridgehead atoms. The first-order valence-corrected chi connectivity index (χ1v) is 7.42. The third-order valence-electron chi connectivity index (χ3n) is 2.91. The van der Waals surface area contributed by atoms with E-state index in [0.29, 0.717) is 18.1 Å². The van der Waals surface area contributed by atoms with Crippen LogP contribution in [0.25, 0.3) is 11.5 Å². The van der Waals surface area contributed by atoms with Gasteiger partial charge in [0, 0.05) is 31.8 Å². The highest BCUT2D eigenvalue weighted by molar-refractivity contribution is 5.73. The van der Waals surface area contributed by atoms with Crippen LogP contribution < -0.4 is 4.90 Å². The molecule has 2 rings (SSSR count). The maximum Gasteiger partial charge on any atom is 0.490 e. The predicted molar refractivity (Wildman–Crippen MR) is 87.8 cm³/mol. The number of alkyl halides is 3. The number of aliphatic hydroxyl groups is 1. The first-order chi connectivity index (χ1) is 11.8. The monoisotopic (exact) mass is 375 g/mol. The summed E-state index contributed by atoms with van der Waals surface area (Å²) in [6.45, 7) is 3.44. The van der Waals surface area contributed by atoms with Crippen molar-refractivity contribution in [2.75, 3.05) is 19.0 Å². The van der Waals surface area contributed by atoms with Crippen molar-refractivity contribution in [1.82, 2.24) is 10.1 Å². The molecular weight excluding hydrogens is 355 g/mol. The zero-order valence-corrected chi connectivity index (χ0v) is 14.7. The van der Waals surface area contributed by atoms with Crippen LogP contribution >= 0.6 is 0 Å². The van der Waals surface area contributed by atoms with Crippen molar-refractivity contribution in [2.45, 2.75) is 32.0 Å². The molecule has 0 radical (unpaired) electrons. The van der Waals surface area contributed by atoms with Crippen LogP contribution in [0.1, 0.15) is 19.7 Å². The molecule has 1 aromatic carbocycles. The third-order valence-corrected chi connectivity index (χ3v) is 2.91. The van der Waals surface area contributed by atoms with E-state index in [-0.39, 0.29) is 0 Å². The number of nitrogens with zero attached hydrogens (tertiary/aromatic N) is 3. The molecule has 1 aromatic heterocycles. The number of hydrogen-bond acceptors (Lipinski definition) is 6. The minimum atomic E-state index is -5.08. The molecule has 2 N–H and O–H groups in total. The van der Waals surface area contributed by atoms with Crippen molar-refractivity contribution in [3.05, 3.63) is 30.1 Å². The summed E-state index contributed by atoms with van der Waals surface area (Å²) in [5, 5.41) is 20.8. The summed E-state index contributed by atoms with van der Waals surface area (Å²) in [7, 11) is 3.96. The van der Waals surface area contributed by atoms with Gasteiger partial charge in [-0.05, 0) is 32.0 Å². The fourth-order valence-corrected chi connectivity index (χ4v) is 1.75. The number of hydrogen-bond donors (Lipinski definition) is 2. The van der Waals surface area contributed by atoms with Gasteiger partial charge in [-0.3, -0.25) is 0 Å². The quantitative estimate of drug-likeness (QED) is 0.848. The van der Waals surface area contributed by atoms with Gasteiger partial charge in [0.1, 0.15) is 0 Å². The van der Waals surface area contributed by atoms with Gasteiger partial charge in [0.05, 0.1) is 5.60 Å². The molecule has 0 spiro atoms. The number of halogens is 3. The van der Waals surface area contributed by atoms with Crippen LogP contribution in [0.3, 0.4) is 0 Å². The van der Waals surface area contributed by atoms with Crippen LogP contribution in [0.4, 0.5) is 18.9 Å². The lowest BCUT2D eigenvalue weighted by molar-refractivity contribution is -0.192. The number of carboxylic acid groups (broad SMARTS) is 1. The van der Waals surface area contributed by atoms with E-state index < -0.39 is 17.7 Å². The van der Waals surface area contributed by atoms with Crippen molar-refractivity contribution >= 4 is 11.7 Å². The van der Waals surface area contributed by atoms with Gasteiger partial charge in [-0.15, -0.1) is 0 Å². The molecule has 0 atom stereocenters. The largest absolute Gasteiger partial charge is 0.490 e. The van der Waals surface area contributed by atoms with E-state index in [0.717, 1.165) is 11.3 Å². The molecule has 0 saturated carbocycles. The molecule has 0 amide bonds. The fourth-order valence-electron chi connectivity index (χ4n) is 1.75. The minimum Gasteiger partial charge on any atom is -0.475 e. The van der Waals surface area contributed by atoms with E-state index in [4.69, 9.17) is 14.4 Å². The van der Waals surface area contributed by atoms with E-state index in [1.54, 1.807) is 13.8 Å². The van der Waals surface area contributed by atoms with Crippen LogP contribution in [0.15, 0.2) is 28.8 Å². The zero-order chi connectivity index (χ0) is 20.1. The number of anilines is 1. The first-order valence-electron chi connectivity index (χ1n) is 7.42. The summed E-state index contributed by atoms with van der Waals surface area (Å²) in [6.07, 6.45) is -4.72. The predicted octanol–water partition coefficient (Wildman–Crippen LogP) is 2.75. The molecule has 0 fully saturated rings. The lowest BCUT2D eigenvalue weighted by Crippen LogP contribution is -2.22. The Morgan fingerprint density at radius 3 is 2.31 bits per heavy atom. The molecule has 144 valence electrons. The fraction of sp³-hybridized carbons (Fsp3) is 0.438. The Morgan fingerprint density at radius 1 is 1.27 bits per heavy atom. The average Bonchev–Trinajstić information content (AvgIpc) is 2.93. The highest BCUT2D eigenvalue weighted by Gasteiger charge is 2.38. The average molecular weight is 375 g/mol. The maximum atomic E-state index is 10.6. The normalized spacial score (nSPS) is 11.5. The zero-order valence-electron chi connectivity index (χ0n) is 14.7. The third kappa shape index (κ3) is 7.09. The summed E-state index contributed by atoms with van der Waals surface area (Å²) in [5.41, 5.74) is 1.10. The number of rotatable bonds is 4. The summed E-state index contributed by atoms with van der Waals surface area (Å²) >= 11 is 0. The first kappa shape index (κ1) is 21.4. The minimum absolute atomic E-state index is 0.365. The molecule has 26 heavy (non-hydrogen) atoms. The number of aliphatic carboxylic acids is 1. The second-order valence-corrected chi connectivity index (χ2v) is 6.25. The highest BCUT2D eigenvalue weighted by Crippen LogP contribution is 2.23. The van der Waals surface area contributed by atoms with Crippen LogP contribution in [0.5, 0.6) is 0 Å². The Hall–Kier alpha value is -2.62. The van der Waals surface area contributed by atoms with E-state index >= 15 is 0 Å². The van der Waals surface area contributed by atoms with E-state index in [1.807, 2.05) is 43.3 Å². The molecule has 0 saturated heterocycles. The van der Waals surface area contributed by atoms with Gasteiger partial charge in [-0.1, -0.05) is 11.2 Å². The summed E-state index contributed by atoms with van der Waals surface area (Å²) in [6, 6.07) is 7.87. The lowest BCUT2D eigenvalue weighted by Gasteiger charge is -2.13. The SMILES string of the molecule is CN(C)c1cccc(-c2nc(CC(C)(C)O)no2)c1.O=C(O)C(F)(F)F. The van der Waals surface area contributed by atoms with E-state index in [2.05, 4.69) is 10.1 Å². The highest BCUT2D eigenvalue weighted by atomic mass is 19.4. The second-order valence-electron chi connectivity index (χ2n) is 6.25. The Morgan fingerprint density at radius 2 is 1.85 bits per heavy atom. The van der Waals surface area contributed by atoms with Gasteiger partial charge in [0.2, 0.25) is 0 Å². The van der Waals surface area contributed by atoms with Gasteiger partial charge in [0.15, 0.2) is 5.82 Å². The number of benzene rings is 1. The number of carboxylic acids is 1. The lowest BCUT2D eigenvalue weighted by atomic mass is 10.1. The second kappa shape index (κ2) is 8.17. The van der Waals surface area contributed by atoms with Crippen molar-refractivity contribution < 1.29 is 32.7 Å². The Balaban J connectivity index is 0.000000412. The molecule has 7 nitrogen and oxygen atoms in total. The van der Waals surface area contributed by atoms with Gasteiger partial charge in [0.25, 0.3) is 5.89 Å². The summed E-state index contributed by atoms with van der Waals surface area (Å²) in [5.74, 6) is -1.77. The van der Waals surface area contributed by atoms with Crippen LogP contribution in [-0.4, -0.2) is 52.2 Å². The topological polar surface area (TPSA) is 99.7 Å². The molecule has 0 aliphatic rings. The Labute approximate surface area is 148 Å². The molecule has 1 heterocycles. The van der Waals surface area contributed by atoms with Crippen LogP contribution in [0.2, 0.25) is 0 Å². The molecule has 0 aliphatic heterocycles. The molecule has 0 aliphatic carbocycles. The molecular formula is C16H20F3N3O4. The smallest absolute Gasteiger partial charge is 0.475 e. The molecule has 0 unspecified atom stereocenters. The van der Waals surface area contributed by atoms with Crippen LogP contribution in [0, 0.1) is 0 Å². The van der Waals surface area contributed by atoms with E-state index in [1.165, 1.54) is 0 Å². The van der Waals surface area contributed by atoms with Crippen molar-refractivity contribution in [3.8, 4) is 11.5 Å². The molecule has 2 aromatic rings. The maximum absolute atomic E-state index is 10.6. The standard InChI is InChI=1S/C14H19N3O2.C2HF3O2/c1-14(2,18)9-12-15-13(19-16-12)10-6-5-7-11(8-10)17(3)4;3-2(4,5)1(6)7/h5-8,18H,9H2,1-4H3;(H,6,7).